The van der Waals surface area contributed by atoms with E-state index in [1.54, 1.807) is 7.11 Å². The first-order valence-corrected chi connectivity index (χ1v) is 7.38. The molecule has 0 amide bonds. The third-order valence-electron chi connectivity index (χ3n) is 3.24. The molecular weight excluding hydrogens is 284 g/mol. The molecule has 0 saturated carbocycles. The van der Waals surface area contributed by atoms with Crippen molar-refractivity contribution in [2.24, 2.45) is 5.92 Å². The van der Waals surface area contributed by atoms with Crippen molar-refractivity contribution in [2.45, 2.75) is 40.0 Å². The number of rotatable bonds is 11. The SMILES string of the molecule is COCOCC(C)=CCCC(C)=CCC(C(C)=O)C(=O)OC. The van der Waals surface area contributed by atoms with E-state index < -0.39 is 11.9 Å². The van der Waals surface area contributed by atoms with Gasteiger partial charge in [0, 0.05) is 7.11 Å². The monoisotopic (exact) mass is 312 g/mol. The Bertz CT molecular complexity index is 409. The predicted molar refractivity (Wildman–Crippen MR) is 85.4 cm³/mol. The highest BCUT2D eigenvalue weighted by Crippen LogP contribution is 2.13. The fourth-order valence-corrected chi connectivity index (χ4v) is 1.88. The summed E-state index contributed by atoms with van der Waals surface area (Å²) in [4.78, 5) is 22.9. The molecule has 0 spiro atoms. The molecule has 0 saturated heterocycles. The van der Waals surface area contributed by atoms with Gasteiger partial charge in [-0.25, -0.2) is 0 Å². The molecule has 0 heterocycles. The number of allylic oxidation sites excluding steroid dienone is 3. The molecule has 5 nitrogen and oxygen atoms in total. The summed E-state index contributed by atoms with van der Waals surface area (Å²) in [6, 6.07) is 0. The third-order valence-corrected chi connectivity index (χ3v) is 3.24. The van der Waals surface area contributed by atoms with Gasteiger partial charge >= 0.3 is 5.97 Å². The minimum atomic E-state index is -0.695. The molecule has 0 bridgehead atoms. The molecule has 0 N–H and O–H groups in total. The molecule has 0 aromatic rings. The number of esters is 1. The Balaban J connectivity index is 4.24. The molecule has 126 valence electrons. The second kappa shape index (κ2) is 12.1. The Labute approximate surface area is 133 Å². The van der Waals surface area contributed by atoms with E-state index in [4.69, 9.17) is 9.47 Å². The van der Waals surface area contributed by atoms with E-state index in [1.165, 1.54) is 14.0 Å². The van der Waals surface area contributed by atoms with Gasteiger partial charge < -0.3 is 14.2 Å². The van der Waals surface area contributed by atoms with Gasteiger partial charge in [-0.3, -0.25) is 9.59 Å². The Kier molecular flexibility index (Phi) is 11.3. The van der Waals surface area contributed by atoms with E-state index in [1.807, 2.05) is 19.9 Å². The molecule has 5 heteroatoms. The quantitative estimate of drug-likeness (QED) is 0.193. The Morgan fingerprint density at radius 3 is 2.27 bits per heavy atom. The van der Waals surface area contributed by atoms with E-state index in [9.17, 15) is 9.59 Å². The average Bonchev–Trinajstić information content (AvgIpc) is 2.47. The molecule has 0 rings (SSSR count). The van der Waals surface area contributed by atoms with Crippen molar-refractivity contribution in [3.8, 4) is 0 Å². The maximum absolute atomic E-state index is 11.5. The molecule has 1 unspecified atom stereocenters. The van der Waals surface area contributed by atoms with Crippen LogP contribution in [-0.4, -0.2) is 39.4 Å². The number of methoxy groups -OCH3 is 2. The smallest absolute Gasteiger partial charge is 0.316 e. The Hall–Kier alpha value is -1.46. The van der Waals surface area contributed by atoms with Crippen molar-refractivity contribution >= 4 is 11.8 Å². The first-order valence-electron chi connectivity index (χ1n) is 7.38. The third kappa shape index (κ3) is 9.47. The minimum Gasteiger partial charge on any atom is -0.468 e. The molecule has 0 aromatic heterocycles. The van der Waals surface area contributed by atoms with Crippen LogP contribution in [0.4, 0.5) is 0 Å². The topological polar surface area (TPSA) is 61.8 Å². The van der Waals surface area contributed by atoms with Crippen molar-refractivity contribution in [1.29, 1.82) is 0 Å². The van der Waals surface area contributed by atoms with Crippen molar-refractivity contribution in [3.63, 3.8) is 0 Å². The number of ketones is 1. The molecule has 0 aromatic carbocycles. The summed E-state index contributed by atoms with van der Waals surface area (Å²) in [5, 5.41) is 0. The average molecular weight is 312 g/mol. The van der Waals surface area contributed by atoms with Crippen LogP contribution in [0, 0.1) is 5.92 Å². The lowest BCUT2D eigenvalue weighted by atomic mass is 9.99. The number of carbonyl (C=O) groups is 2. The van der Waals surface area contributed by atoms with Crippen LogP contribution < -0.4 is 0 Å². The molecule has 0 aliphatic heterocycles. The van der Waals surface area contributed by atoms with Gasteiger partial charge in [-0.15, -0.1) is 0 Å². The fraction of sp³-hybridized carbons (Fsp3) is 0.647. The molecule has 22 heavy (non-hydrogen) atoms. The van der Waals surface area contributed by atoms with E-state index in [-0.39, 0.29) is 5.78 Å². The van der Waals surface area contributed by atoms with Crippen molar-refractivity contribution in [2.75, 3.05) is 27.6 Å². The van der Waals surface area contributed by atoms with Gasteiger partial charge in [0.2, 0.25) is 0 Å². The zero-order valence-corrected chi connectivity index (χ0v) is 14.3. The standard InChI is InChI=1S/C17H28O5/c1-13(7-6-8-14(2)11-22-12-20-4)9-10-16(15(3)18)17(19)21-5/h8-9,16H,6-7,10-12H2,1-5H3. The van der Waals surface area contributed by atoms with Gasteiger partial charge in [-0.05, 0) is 40.0 Å². The largest absolute Gasteiger partial charge is 0.468 e. The van der Waals surface area contributed by atoms with Gasteiger partial charge in [-0.1, -0.05) is 23.3 Å². The Morgan fingerprint density at radius 2 is 1.73 bits per heavy atom. The maximum atomic E-state index is 11.5. The highest BCUT2D eigenvalue weighted by molar-refractivity contribution is 5.97. The molecule has 0 fully saturated rings. The molecule has 0 aliphatic carbocycles. The molecule has 0 radical (unpaired) electrons. The van der Waals surface area contributed by atoms with Crippen LogP contribution in [0.1, 0.15) is 40.0 Å². The minimum absolute atomic E-state index is 0.165. The van der Waals surface area contributed by atoms with E-state index >= 15 is 0 Å². The summed E-state index contributed by atoms with van der Waals surface area (Å²) < 4.78 is 14.7. The van der Waals surface area contributed by atoms with Crippen molar-refractivity contribution < 1.29 is 23.8 Å². The first-order chi connectivity index (χ1) is 10.4. The lowest BCUT2D eigenvalue weighted by Crippen LogP contribution is -2.22. The van der Waals surface area contributed by atoms with Gasteiger partial charge in [0.25, 0.3) is 0 Å². The summed E-state index contributed by atoms with van der Waals surface area (Å²) in [5.74, 6) is -1.33. The number of hydrogen-bond donors (Lipinski definition) is 0. The summed E-state index contributed by atoms with van der Waals surface area (Å²) in [7, 11) is 2.89. The lowest BCUT2D eigenvalue weighted by Gasteiger charge is -2.09. The second-order valence-electron chi connectivity index (χ2n) is 5.32. The summed E-state index contributed by atoms with van der Waals surface area (Å²) in [6.45, 7) is 6.28. The molecule has 0 aliphatic rings. The second-order valence-corrected chi connectivity index (χ2v) is 5.32. The zero-order valence-electron chi connectivity index (χ0n) is 14.3. The van der Waals surface area contributed by atoms with E-state index in [0.29, 0.717) is 19.8 Å². The predicted octanol–water partition coefficient (Wildman–Crippen LogP) is 3.05. The van der Waals surface area contributed by atoms with Gasteiger partial charge in [0.05, 0.1) is 13.7 Å². The van der Waals surface area contributed by atoms with E-state index in [0.717, 1.165) is 24.0 Å². The number of hydrogen-bond acceptors (Lipinski definition) is 5. The van der Waals surface area contributed by atoms with Crippen molar-refractivity contribution in [1.82, 2.24) is 0 Å². The van der Waals surface area contributed by atoms with Crippen LogP contribution in [0.25, 0.3) is 0 Å². The van der Waals surface area contributed by atoms with Crippen LogP contribution in [0.15, 0.2) is 23.3 Å². The summed E-state index contributed by atoms with van der Waals surface area (Å²) in [6.07, 6.45) is 6.23. The summed E-state index contributed by atoms with van der Waals surface area (Å²) >= 11 is 0. The number of ether oxygens (including phenoxy) is 3. The summed E-state index contributed by atoms with van der Waals surface area (Å²) in [5.41, 5.74) is 2.30. The highest BCUT2D eigenvalue weighted by atomic mass is 16.7. The van der Waals surface area contributed by atoms with Crippen LogP contribution in [0.5, 0.6) is 0 Å². The maximum Gasteiger partial charge on any atom is 0.316 e. The van der Waals surface area contributed by atoms with Crippen molar-refractivity contribution in [3.05, 3.63) is 23.3 Å². The number of Topliss-reactive ketones (excluding diaryl/α,β-unsaturated/α-hetero) is 1. The Morgan fingerprint density at radius 1 is 1.05 bits per heavy atom. The highest BCUT2D eigenvalue weighted by Gasteiger charge is 2.22. The van der Waals surface area contributed by atoms with Crippen LogP contribution >= 0.6 is 0 Å². The molecular formula is C17H28O5. The zero-order chi connectivity index (χ0) is 17.0. The van der Waals surface area contributed by atoms with Crippen LogP contribution in [0.3, 0.4) is 0 Å². The first kappa shape index (κ1) is 20.5. The van der Waals surface area contributed by atoms with Gasteiger partial charge in [0.1, 0.15) is 18.5 Å². The van der Waals surface area contributed by atoms with Gasteiger partial charge in [0.15, 0.2) is 0 Å². The van der Waals surface area contributed by atoms with Gasteiger partial charge in [-0.2, -0.15) is 0 Å². The van der Waals surface area contributed by atoms with Crippen LogP contribution in [-0.2, 0) is 23.8 Å². The van der Waals surface area contributed by atoms with E-state index in [2.05, 4.69) is 10.8 Å². The van der Waals surface area contributed by atoms with Crippen LogP contribution in [0.2, 0.25) is 0 Å². The number of carbonyl (C=O) groups excluding carboxylic acids is 2. The normalized spacial score (nSPS) is 13.9. The lowest BCUT2D eigenvalue weighted by molar-refractivity contribution is -0.148. The molecule has 1 atom stereocenters. The fourth-order valence-electron chi connectivity index (χ4n) is 1.88.